The van der Waals surface area contributed by atoms with Crippen molar-refractivity contribution in [3.05, 3.63) is 139 Å². The fourth-order valence-electron chi connectivity index (χ4n) is 6.89. The second kappa shape index (κ2) is 8.30. The Morgan fingerprint density at radius 2 is 1.17 bits per heavy atom. The Balaban J connectivity index is 1.50. The molecule has 3 aromatic heterocycles. The average Bonchev–Trinajstić information content (AvgIpc) is 3.61. The number of aromatic nitrogens is 3. The number of hydrogen-bond acceptors (Lipinski definition) is 1. The summed E-state index contributed by atoms with van der Waals surface area (Å²) >= 11 is 0. The first-order valence-corrected chi connectivity index (χ1v) is 14.1. The van der Waals surface area contributed by atoms with Crippen LogP contribution < -0.4 is 0 Å². The fraction of sp³-hybridized carbons (Fsp3) is 0.0263. The molecule has 0 radical (unpaired) electrons. The van der Waals surface area contributed by atoms with Gasteiger partial charge >= 0.3 is 0 Å². The lowest BCUT2D eigenvalue weighted by atomic mass is 9.98. The summed E-state index contributed by atoms with van der Waals surface area (Å²) in [6.45, 7) is 2.18. The highest BCUT2D eigenvalue weighted by Crippen LogP contribution is 2.43. The van der Waals surface area contributed by atoms with E-state index in [0.29, 0.717) is 0 Å². The molecule has 0 aliphatic carbocycles. The van der Waals surface area contributed by atoms with Crippen molar-refractivity contribution in [2.24, 2.45) is 0 Å². The molecule has 3 nitrogen and oxygen atoms in total. The fourth-order valence-corrected chi connectivity index (χ4v) is 6.89. The van der Waals surface area contributed by atoms with Gasteiger partial charge in [-0.05, 0) is 52.9 Å². The second-order valence-corrected chi connectivity index (χ2v) is 10.9. The van der Waals surface area contributed by atoms with E-state index in [9.17, 15) is 0 Å². The van der Waals surface area contributed by atoms with Crippen LogP contribution in [0, 0.1) is 6.92 Å². The number of rotatable bonds is 2. The summed E-state index contributed by atoms with van der Waals surface area (Å²) in [7, 11) is 0. The molecule has 0 aliphatic heterocycles. The normalized spacial score (nSPS) is 12.0. The molecule has 0 fully saturated rings. The molecule has 3 heteroatoms. The number of benzene rings is 6. The zero-order valence-electron chi connectivity index (χ0n) is 22.5. The van der Waals surface area contributed by atoms with Gasteiger partial charge in [0.1, 0.15) is 0 Å². The number of fused-ring (bicyclic) bond motifs is 10. The average molecular weight is 524 g/mol. The van der Waals surface area contributed by atoms with Crippen molar-refractivity contribution in [1.82, 2.24) is 14.1 Å². The van der Waals surface area contributed by atoms with Crippen molar-refractivity contribution in [3.8, 4) is 11.4 Å². The maximum absolute atomic E-state index is 4.67. The van der Waals surface area contributed by atoms with Gasteiger partial charge in [0.15, 0.2) is 0 Å². The topological polar surface area (TPSA) is 22.8 Å². The van der Waals surface area contributed by atoms with E-state index in [4.69, 9.17) is 0 Å². The zero-order valence-corrected chi connectivity index (χ0v) is 22.5. The van der Waals surface area contributed by atoms with Crippen LogP contribution in [0.4, 0.5) is 0 Å². The molecule has 192 valence electrons. The molecule has 0 saturated heterocycles. The van der Waals surface area contributed by atoms with Crippen LogP contribution in [0.25, 0.3) is 76.4 Å². The Bertz CT molecular complexity index is 2490. The Kier molecular flexibility index (Phi) is 4.53. The van der Waals surface area contributed by atoms with Gasteiger partial charge in [-0.3, -0.25) is 4.98 Å². The molecule has 0 saturated carbocycles. The van der Waals surface area contributed by atoms with Crippen LogP contribution in [0.5, 0.6) is 0 Å². The summed E-state index contributed by atoms with van der Waals surface area (Å²) in [6, 6.07) is 41.9. The molecular formula is C38H25N3. The standard InChI is InChI=1S/C38H25N3/c1-24-8-2-7-13-32(24)40-21-20-26-14-16-30-31(38(26)40)17-19-34-37(30)36-29-12-6-3-9-25(29)15-18-33(36)41(34)35-23-39-22-27-10-4-5-11-28(27)35/h2-23H,1H3. The first-order chi connectivity index (χ1) is 20.3. The van der Waals surface area contributed by atoms with Gasteiger partial charge in [0.05, 0.1) is 28.4 Å². The summed E-state index contributed by atoms with van der Waals surface area (Å²) in [6.07, 6.45) is 6.16. The van der Waals surface area contributed by atoms with Gasteiger partial charge in [-0.15, -0.1) is 0 Å². The lowest BCUT2D eigenvalue weighted by Crippen LogP contribution is -1.97. The van der Waals surface area contributed by atoms with E-state index >= 15 is 0 Å². The van der Waals surface area contributed by atoms with Crippen molar-refractivity contribution in [2.45, 2.75) is 6.92 Å². The third kappa shape index (κ3) is 3.06. The van der Waals surface area contributed by atoms with Gasteiger partial charge in [-0.25, -0.2) is 0 Å². The first kappa shape index (κ1) is 22.4. The SMILES string of the molecule is Cc1ccccc1-n1ccc2ccc3c(ccc4c3c3c5ccccc5ccc3n4-c3cncc4ccccc34)c21. The molecular weight excluding hydrogens is 498 g/mol. The zero-order chi connectivity index (χ0) is 27.1. The summed E-state index contributed by atoms with van der Waals surface area (Å²) in [4.78, 5) is 4.67. The van der Waals surface area contributed by atoms with Crippen molar-refractivity contribution in [2.75, 3.05) is 0 Å². The molecule has 0 N–H and O–H groups in total. The van der Waals surface area contributed by atoms with E-state index in [0.717, 1.165) is 11.1 Å². The lowest BCUT2D eigenvalue weighted by Gasteiger charge is -2.13. The van der Waals surface area contributed by atoms with Crippen LogP contribution in [0.1, 0.15) is 5.56 Å². The molecule has 0 unspecified atom stereocenters. The van der Waals surface area contributed by atoms with Crippen molar-refractivity contribution in [3.63, 3.8) is 0 Å². The number of para-hydroxylation sites is 1. The highest BCUT2D eigenvalue weighted by molar-refractivity contribution is 6.30. The van der Waals surface area contributed by atoms with Crippen molar-refractivity contribution in [1.29, 1.82) is 0 Å². The van der Waals surface area contributed by atoms with E-state index in [1.54, 1.807) is 0 Å². The molecule has 9 rings (SSSR count). The van der Waals surface area contributed by atoms with Gasteiger partial charge in [0.2, 0.25) is 0 Å². The summed E-state index contributed by atoms with van der Waals surface area (Å²) in [5.41, 5.74) is 7.20. The van der Waals surface area contributed by atoms with Crippen molar-refractivity contribution >= 4 is 65.0 Å². The van der Waals surface area contributed by atoms with E-state index in [2.05, 4.69) is 142 Å². The molecule has 6 aromatic carbocycles. The van der Waals surface area contributed by atoms with Crippen LogP contribution in [0.2, 0.25) is 0 Å². The summed E-state index contributed by atoms with van der Waals surface area (Å²) in [5.74, 6) is 0. The number of nitrogens with zero attached hydrogens (tertiary/aromatic N) is 3. The molecule has 0 spiro atoms. The minimum absolute atomic E-state index is 1.10. The minimum atomic E-state index is 1.10. The minimum Gasteiger partial charge on any atom is -0.316 e. The molecule has 0 aliphatic rings. The van der Waals surface area contributed by atoms with Gasteiger partial charge < -0.3 is 9.13 Å². The number of pyridine rings is 1. The van der Waals surface area contributed by atoms with Crippen LogP contribution >= 0.6 is 0 Å². The van der Waals surface area contributed by atoms with Crippen LogP contribution in [0.15, 0.2) is 134 Å². The molecule has 0 amide bonds. The van der Waals surface area contributed by atoms with Crippen molar-refractivity contribution < 1.29 is 0 Å². The monoisotopic (exact) mass is 523 g/mol. The van der Waals surface area contributed by atoms with Crippen LogP contribution in [-0.2, 0) is 0 Å². The highest BCUT2D eigenvalue weighted by atomic mass is 15.0. The molecule has 9 aromatic rings. The van der Waals surface area contributed by atoms with Crippen LogP contribution in [0.3, 0.4) is 0 Å². The number of aryl methyl sites for hydroxylation is 1. The van der Waals surface area contributed by atoms with E-state index in [1.807, 2.05) is 12.4 Å². The maximum Gasteiger partial charge on any atom is 0.0723 e. The largest absolute Gasteiger partial charge is 0.316 e. The van der Waals surface area contributed by atoms with E-state index < -0.39 is 0 Å². The third-order valence-corrected chi connectivity index (χ3v) is 8.73. The maximum atomic E-state index is 4.67. The molecule has 41 heavy (non-hydrogen) atoms. The quantitative estimate of drug-likeness (QED) is 0.221. The smallest absolute Gasteiger partial charge is 0.0723 e. The predicted octanol–water partition coefficient (Wildman–Crippen LogP) is 9.89. The number of hydrogen-bond donors (Lipinski definition) is 0. The van der Waals surface area contributed by atoms with Crippen LogP contribution in [-0.4, -0.2) is 14.1 Å². The Hall–Kier alpha value is -5.41. The van der Waals surface area contributed by atoms with Gasteiger partial charge in [0.25, 0.3) is 0 Å². The third-order valence-electron chi connectivity index (χ3n) is 8.73. The Labute approximate surface area is 236 Å². The van der Waals surface area contributed by atoms with Gasteiger partial charge in [-0.1, -0.05) is 91.0 Å². The molecule has 3 heterocycles. The van der Waals surface area contributed by atoms with Gasteiger partial charge in [0, 0.05) is 50.4 Å². The summed E-state index contributed by atoms with van der Waals surface area (Å²) < 4.78 is 4.77. The lowest BCUT2D eigenvalue weighted by molar-refractivity contribution is 1.11. The van der Waals surface area contributed by atoms with Gasteiger partial charge in [-0.2, -0.15) is 0 Å². The predicted molar refractivity (Wildman–Crippen MR) is 173 cm³/mol. The van der Waals surface area contributed by atoms with E-state index in [-0.39, 0.29) is 0 Å². The molecule has 0 atom stereocenters. The highest BCUT2D eigenvalue weighted by Gasteiger charge is 2.20. The Morgan fingerprint density at radius 3 is 2.05 bits per heavy atom. The summed E-state index contributed by atoms with van der Waals surface area (Å²) in [5, 5.41) is 11.2. The first-order valence-electron chi connectivity index (χ1n) is 14.1. The molecule has 0 bridgehead atoms. The van der Waals surface area contributed by atoms with E-state index in [1.165, 1.54) is 70.9 Å². The second-order valence-electron chi connectivity index (χ2n) is 10.9. The Morgan fingerprint density at radius 1 is 0.488 bits per heavy atom.